The van der Waals surface area contributed by atoms with E-state index in [4.69, 9.17) is 4.74 Å². The molecule has 136 valence electrons. The van der Waals surface area contributed by atoms with E-state index in [-0.39, 0.29) is 5.69 Å². The number of fused-ring (bicyclic) bond motifs is 2. The normalized spacial score (nSPS) is 19.6. The fourth-order valence-electron chi connectivity index (χ4n) is 3.64. The van der Waals surface area contributed by atoms with Crippen LogP contribution in [0.4, 0.5) is 0 Å². The lowest BCUT2D eigenvalue weighted by atomic mass is 9.90. The molecule has 27 heavy (non-hydrogen) atoms. The zero-order chi connectivity index (χ0) is 18.6. The molecular weight excluding hydrogens is 346 g/mol. The number of pyridine rings is 3. The maximum atomic E-state index is 12.6. The van der Waals surface area contributed by atoms with E-state index in [0.29, 0.717) is 58.8 Å². The summed E-state index contributed by atoms with van der Waals surface area (Å²) in [4.78, 5) is 28.6. The van der Waals surface area contributed by atoms with Gasteiger partial charge in [0.05, 0.1) is 23.2 Å². The molecule has 4 aromatic heterocycles. The number of imidazole rings is 1. The second kappa shape index (κ2) is 5.62. The van der Waals surface area contributed by atoms with E-state index in [1.54, 1.807) is 43.6 Å². The smallest absolute Gasteiger partial charge is 0.333 e. The molecule has 1 aliphatic heterocycles. The number of rotatable bonds is 0. The Morgan fingerprint density at radius 3 is 2.96 bits per heavy atom. The number of hydrogen-bond donors (Lipinski definition) is 2. The van der Waals surface area contributed by atoms with E-state index >= 15 is 0 Å². The SMILES string of the molecule is C[C@@]1(O)CCCOc2ccnc3[nH]c(=O)n(c23)-c2ccc3nccc1c3n2. The van der Waals surface area contributed by atoms with E-state index in [0.717, 1.165) is 0 Å². The van der Waals surface area contributed by atoms with Crippen molar-refractivity contribution in [2.24, 2.45) is 0 Å². The van der Waals surface area contributed by atoms with Crippen LogP contribution in [-0.4, -0.2) is 36.2 Å². The molecule has 5 rings (SSSR count). The molecule has 8 heteroatoms. The van der Waals surface area contributed by atoms with E-state index in [1.807, 2.05) is 0 Å². The van der Waals surface area contributed by atoms with Gasteiger partial charge in [-0.25, -0.2) is 19.3 Å². The molecule has 2 N–H and O–H groups in total. The second-order valence-corrected chi connectivity index (χ2v) is 6.89. The van der Waals surface area contributed by atoms with Crippen molar-refractivity contribution in [1.82, 2.24) is 24.5 Å². The summed E-state index contributed by atoms with van der Waals surface area (Å²) in [6.07, 6.45) is 4.40. The van der Waals surface area contributed by atoms with E-state index in [1.165, 1.54) is 4.57 Å². The third-order valence-corrected chi connectivity index (χ3v) is 4.98. The summed E-state index contributed by atoms with van der Waals surface area (Å²) in [7, 11) is 0. The van der Waals surface area contributed by atoms with Crippen LogP contribution in [0.1, 0.15) is 25.3 Å². The molecule has 0 aromatic carbocycles. The Balaban J connectivity index is 1.90. The molecule has 0 aliphatic carbocycles. The first-order valence-corrected chi connectivity index (χ1v) is 8.76. The van der Waals surface area contributed by atoms with Crippen molar-refractivity contribution < 1.29 is 9.84 Å². The molecule has 8 nitrogen and oxygen atoms in total. The minimum Gasteiger partial charge on any atom is -0.491 e. The summed E-state index contributed by atoms with van der Waals surface area (Å²) in [5.74, 6) is 0.967. The topological polar surface area (TPSA) is 106 Å². The Kier molecular flexibility index (Phi) is 3.32. The lowest BCUT2D eigenvalue weighted by molar-refractivity contribution is 0.0427. The predicted octanol–water partition coefficient (Wildman–Crippen LogP) is 2.04. The van der Waals surface area contributed by atoms with Crippen LogP contribution in [0.15, 0.2) is 41.5 Å². The summed E-state index contributed by atoms with van der Waals surface area (Å²) in [6.45, 7) is 2.17. The third kappa shape index (κ3) is 2.41. The van der Waals surface area contributed by atoms with Crippen molar-refractivity contribution in [3.63, 3.8) is 0 Å². The van der Waals surface area contributed by atoms with Gasteiger partial charge in [0.25, 0.3) is 0 Å². The Morgan fingerprint density at radius 2 is 2.07 bits per heavy atom. The van der Waals surface area contributed by atoms with Crippen molar-refractivity contribution >= 4 is 22.2 Å². The highest BCUT2D eigenvalue weighted by atomic mass is 16.5. The van der Waals surface area contributed by atoms with Gasteiger partial charge >= 0.3 is 5.69 Å². The highest BCUT2D eigenvalue weighted by Crippen LogP contribution is 2.32. The molecule has 1 aliphatic rings. The molecule has 0 spiro atoms. The average Bonchev–Trinajstić information content (AvgIpc) is 3.00. The number of nitrogens with one attached hydrogen (secondary N) is 1. The van der Waals surface area contributed by atoms with Crippen LogP contribution in [0.25, 0.3) is 28.0 Å². The van der Waals surface area contributed by atoms with Gasteiger partial charge in [0.15, 0.2) is 5.65 Å². The number of aliphatic hydroxyl groups is 1. The number of H-pyrrole nitrogens is 1. The van der Waals surface area contributed by atoms with Crippen LogP contribution < -0.4 is 10.4 Å². The minimum absolute atomic E-state index is 0.352. The van der Waals surface area contributed by atoms with Gasteiger partial charge in [0.1, 0.15) is 17.1 Å². The Bertz CT molecular complexity index is 1240. The number of hydrogen-bond acceptors (Lipinski definition) is 6. The van der Waals surface area contributed by atoms with Gasteiger partial charge < -0.3 is 9.84 Å². The minimum atomic E-state index is -1.09. The van der Waals surface area contributed by atoms with Gasteiger partial charge in [-0.1, -0.05) is 0 Å². The molecule has 2 bridgehead atoms. The second-order valence-electron chi connectivity index (χ2n) is 6.89. The quantitative estimate of drug-likeness (QED) is 0.495. The zero-order valence-corrected chi connectivity index (χ0v) is 14.6. The fourth-order valence-corrected chi connectivity index (χ4v) is 3.64. The van der Waals surface area contributed by atoms with Crippen LogP contribution in [0.2, 0.25) is 0 Å². The highest BCUT2D eigenvalue weighted by Gasteiger charge is 2.27. The fraction of sp³-hybridized carbons (Fsp3) is 0.263. The van der Waals surface area contributed by atoms with Crippen molar-refractivity contribution in [1.29, 1.82) is 0 Å². The monoisotopic (exact) mass is 363 g/mol. The zero-order valence-electron chi connectivity index (χ0n) is 14.6. The molecule has 0 saturated heterocycles. The molecule has 0 fully saturated rings. The standard InChI is InChI=1S/C19H17N5O3/c1-19(26)7-2-10-27-13-6-9-21-17-16(13)24(18(25)23-17)14-4-3-12-15(22-14)11(19)5-8-20-12/h3-6,8-9,26H,2,7,10H2,1H3,(H,21,23,25)/t19-/m1/s1. The van der Waals surface area contributed by atoms with Crippen molar-refractivity contribution in [3.8, 4) is 11.6 Å². The number of aromatic amines is 1. The maximum Gasteiger partial charge on any atom is 0.333 e. The first kappa shape index (κ1) is 16.0. The lowest BCUT2D eigenvalue weighted by Crippen LogP contribution is -2.24. The Labute approximate surface area is 153 Å². The summed E-state index contributed by atoms with van der Waals surface area (Å²) >= 11 is 0. The highest BCUT2D eigenvalue weighted by molar-refractivity contribution is 5.82. The van der Waals surface area contributed by atoms with E-state index < -0.39 is 5.60 Å². The van der Waals surface area contributed by atoms with Crippen molar-refractivity contribution in [3.05, 3.63) is 52.7 Å². The Morgan fingerprint density at radius 1 is 1.22 bits per heavy atom. The summed E-state index contributed by atoms with van der Waals surface area (Å²) in [5.41, 5.74) is 1.47. The van der Waals surface area contributed by atoms with Crippen LogP contribution >= 0.6 is 0 Å². The molecule has 0 saturated carbocycles. The Hall–Kier alpha value is -3.26. The van der Waals surface area contributed by atoms with E-state index in [2.05, 4.69) is 19.9 Å². The van der Waals surface area contributed by atoms with Crippen LogP contribution in [0.5, 0.6) is 5.75 Å². The van der Waals surface area contributed by atoms with Gasteiger partial charge in [-0.3, -0.25) is 9.97 Å². The van der Waals surface area contributed by atoms with Crippen LogP contribution in [0.3, 0.4) is 0 Å². The lowest BCUT2D eigenvalue weighted by Gasteiger charge is -2.25. The summed E-state index contributed by atoms with van der Waals surface area (Å²) in [5, 5.41) is 11.0. The van der Waals surface area contributed by atoms with E-state index in [9.17, 15) is 9.90 Å². The van der Waals surface area contributed by atoms with Gasteiger partial charge in [0.2, 0.25) is 0 Å². The van der Waals surface area contributed by atoms with Gasteiger partial charge in [-0.05, 0) is 38.0 Å². The van der Waals surface area contributed by atoms with Crippen LogP contribution in [0, 0.1) is 0 Å². The first-order valence-electron chi connectivity index (χ1n) is 8.76. The molecule has 4 aromatic rings. The molecule has 0 amide bonds. The van der Waals surface area contributed by atoms with Crippen molar-refractivity contribution in [2.45, 2.75) is 25.4 Å². The summed E-state index contributed by atoms with van der Waals surface area (Å²) < 4.78 is 7.36. The van der Waals surface area contributed by atoms with Crippen molar-refractivity contribution in [2.75, 3.05) is 6.61 Å². The van der Waals surface area contributed by atoms with Gasteiger partial charge in [-0.15, -0.1) is 0 Å². The molecule has 0 radical (unpaired) electrons. The number of ether oxygens (including phenoxy) is 1. The maximum absolute atomic E-state index is 12.6. The number of aromatic nitrogens is 5. The molecule has 5 heterocycles. The average molecular weight is 363 g/mol. The number of nitrogens with zero attached hydrogens (tertiary/aromatic N) is 4. The molecular formula is C19H17N5O3. The first-order chi connectivity index (χ1) is 13.0. The van der Waals surface area contributed by atoms with Gasteiger partial charge in [-0.2, -0.15) is 0 Å². The van der Waals surface area contributed by atoms with Crippen LogP contribution in [-0.2, 0) is 5.60 Å². The summed E-state index contributed by atoms with van der Waals surface area (Å²) in [6, 6.07) is 7.02. The third-order valence-electron chi connectivity index (χ3n) is 4.98. The molecule has 0 unspecified atom stereocenters. The van der Waals surface area contributed by atoms with Gasteiger partial charge in [0, 0.05) is 24.0 Å². The predicted molar refractivity (Wildman–Crippen MR) is 99.1 cm³/mol. The largest absolute Gasteiger partial charge is 0.491 e. The molecule has 1 atom stereocenters.